The van der Waals surface area contributed by atoms with Crippen LogP contribution in [0.15, 0.2) is 28.7 Å². The molecule has 7 heteroatoms. The highest BCUT2D eigenvalue weighted by molar-refractivity contribution is 6.05. The molecule has 7 nitrogen and oxygen atoms in total. The number of carbonyl (C=O) groups excluding carboxylic acids is 1. The van der Waals surface area contributed by atoms with Crippen LogP contribution >= 0.6 is 0 Å². The van der Waals surface area contributed by atoms with Gasteiger partial charge in [0.25, 0.3) is 5.91 Å². The van der Waals surface area contributed by atoms with Crippen molar-refractivity contribution in [2.75, 3.05) is 12.4 Å². The van der Waals surface area contributed by atoms with E-state index in [9.17, 15) is 4.79 Å². The number of furan rings is 1. The molecule has 0 aliphatic heterocycles. The maximum Gasteiger partial charge on any atom is 0.261 e. The van der Waals surface area contributed by atoms with Crippen molar-refractivity contribution < 1.29 is 13.9 Å². The van der Waals surface area contributed by atoms with Gasteiger partial charge in [-0.2, -0.15) is 4.98 Å². The minimum absolute atomic E-state index is 0.193. The largest absolute Gasteiger partial charge is 0.496 e. The van der Waals surface area contributed by atoms with Crippen molar-refractivity contribution in [3.05, 3.63) is 46.9 Å². The molecule has 0 aliphatic rings. The summed E-state index contributed by atoms with van der Waals surface area (Å²) in [5.74, 6) is 2.37. The zero-order valence-electron chi connectivity index (χ0n) is 13.9. The summed E-state index contributed by atoms with van der Waals surface area (Å²) in [5, 5.41) is 9.54. The number of aromatic amines is 1. The molecule has 0 atom stereocenters. The van der Waals surface area contributed by atoms with E-state index >= 15 is 0 Å². The molecule has 2 aromatic heterocycles. The molecule has 0 bridgehead atoms. The summed E-state index contributed by atoms with van der Waals surface area (Å²) in [4.78, 5) is 16.8. The van der Waals surface area contributed by atoms with Crippen LogP contribution in [0.1, 0.15) is 27.4 Å². The number of amides is 1. The maximum absolute atomic E-state index is 12.4. The molecule has 0 saturated carbocycles. The van der Waals surface area contributed by atoms with Gasteiger partial charge in [0, 0.05) is 5.56 Å². The summed E-state index contributed by atoms with van der Waals surface area (Å²) in [6, 6.07) is 7.43. The number of rotatable bonds is 4. The highest BCUT2D eigenvalue weighted by atomic mass is 16.5. The molecule has 0 unspecified atom stereocenters. The number of ether oxygens (including phenoxy) is 1. The van der Waals surface area contributed by atoms with Crippen molar-refractivity contribution in [3.63, 3.8) is 0 Å². The van der Waals surface area contributed by atoms with Crippen LogP contribution in [0, 0.1) is 20.8 Å². The highest BCUT2D eigenvalue weighted by Gasteiger charge is 2.20. The highest BCUT2D eigenvalue weighted by Crippen LogP contribution is 2.27. The molecule has 3 aromatic rings. The standard InChI is InChI=1S/C17H18N4O3/c1-9-10(2)24-11(3)14(9)16(22)19-17-18-15(20-21-17)12-7-5-6-8-13(12)23-4/h5-8H,1-4H3,(H2,18,19,20,21,22). The maximum atomic E-state index is 12.4. The topological polar surface area (TPSA) is 93.0 Å². The first-order valence-corrected chi connectivity index (χ1v) is 7.45. The predicted octanol–water partition coefficient (Wildman–Crippen LogP) is 3.25. The Morgan fingerprint density at radius 2 is 1.96 bits per heavy atom. The number of anilines is 1. The number of aromatic nitrogens is 3. The van der Waals surface area contributed by atoms with Crippen molar-refractivity contribution in [3.8, 4) is 17.1 Å². The van der Waals surface area contributed by atoms with Crippen LogP contribution in [-0.2, 0) is 0 Å². The average Bonchev–Trinajstić information content (AvgIpc) is 3.12. The van der Waals surface area contributed by atoms with Gasteiger partial charge in [0.1, 0.15) is 17.3 Å². The molecular formula is C17H18N4O3. The van der Waals surface area contributed by atoms with Crippen molar-refractivity contribution in [1.29, 1.82) is 0 Å². The Labute approximate surface area is 139 Å². The van der Waals surface area contributed by atoms with E-state index < -0.39 is 0 Å². The number of benzene rings is 1. The summed E-state index contributed by atoms with van der Waals surface area (Å²) in [6.07, 6.45) is 0. The molecule has 24 heavy (non-hydrogen) atoms. The third-order valence-electron chi connectivity index (χ3n) is 3.86. The lowest BCUT2D eigenvalue weighted by Crippen LogP contribution is -2.14. The molecule has 1 aromatic carbocycles. The van der Waals surface area contributed by atoms with Crippen molar-refractivity contribution in [2.24, 2.45) is 0 Å². The van der Waals surface area contributed by atoms with Crippen LogP contribution in [0.2, 0.25) is 0 Å². The molecule has 2 heterocycles. The van der Waals surface area contributed by atoms with Gasteiger partial charge in [-0.1, -0.05) is 12.1 Å². The normalized spacial score (nSPS) is 10.7. The fourth-order valence-corrected chi connectivity index (χ4v) is 2.57. The van der Waals surface area contributed by atoms with Crippen LogP contribution in [0.25, 0.3) is 11.4 Å². The third kappa shape index (κ3) is 2.76. The lowest BCUT2D eigenvalue weighted by molar-refractivity contribution is 0.102. The van der Waals surface area contributed by atoms with Gasteiger partial charge in [-0.3, -0.25) is 15.2 Å². The minimum atomic E-state index is -0.299. The Morgan fingerprint density at radius 3 is 2.62 bits per heavy atom. The Bertz CT molecular complexity index is 895. The number of hydrogen-bond acceptors (Lipinski definition) is 5. The summed E-state index contributed by atoms with van der Waals surface area (Å²) in [7, 11) is 1.59. The molecule has 0 radical (unpaired) electrons. The number of para-hydroxylation sites is 1. The van der Waals surface area contributed by atoms with E-state index in [2.05, 4.69) is 20.5 Å². The SMILES string of the molecule is COc1ccccc1-c1nc(NC(=O)c2c(C)oc(C)c2C)n[nH]1. The van der Waals surface area contributed by atoms with Gasteiger partial charge in [-0.15, -0.1) is 5.10 Å². The Balaban J connectivity index is 1.85. The molecule has 1 amide bonds. The van der Waals surface area contributed by atoms with Crippen LogP contribution < -0.4 is 10.1 Å². The van der Waals surface area contributed by atoms with Crippen molar-refractivity contribution in [2.45, 2.75) is 20.8 Å². The lowest BCUT2D eigenvalue weighted by Gasteiger charge is -2.04. The molecule has 2 N–H and O–H groups in total. The number of methoxy groups -OCH3 is 1. The number of nitrogens with one attached hydrogen (secondary N) is 2. The predicted molar refractivity (Wildman–Crippen MR) is 89.2 cm³/mol. The Hall–Kier alpha value is -3.09. The fraction of sp³-hybridized carbons (Fsp3) is 0.235. The van der Waals surface area contributed by atoms with Gasteiger partial charge in [0.2, 0.25) is 5.95 Å². The van der Waals surface area contributed by atoms with E-state index in [0.29, 0.717) is 22.9 Å². The third-order valence-corrected chi connectivity index (χ3v) is 3.86. The second kappa shape index (κ2) is 6.19. The number of nitrogens with zero attached hydrogens (tertiary/aromatic N) is 2. The van der Waals surface area contributed by atoms with Crippen molar-refractivity contribution in [1.82, 2.24) is 15.2 Å². The average molecular weight is 326 g/mol. The molecule has 0 fully saturated rings. The first-order valence-electron chi connectivity index (χ1n) is 7.45. The van der Waals surface area contributed by atoms with Gasteiger partial charge in [0.05, 0.1) is 18.2 Å². The van der Waals surface area contributed by atoms with E-state index in [1.807, 2.05) is 38.1 Å². The van der Waals surface area contributed by atoms with Gasteiger partial charge in [-0.25, -0.2) is 0 Å². The van der Waals surface area contributed by atoms with E-state index in [1.165, 1.54) is 0 Å². The van der Waals surface area contributed by atoms with Crippen LogP contribution in [-0.4, -0.2) is 28.2 Å². The quantitative estimate of drug-likeness (QED) is 0.767. The lowest BCUT2D eigenvalue weighted by atomic mass is 10.1. The van der Waals surface area contributed by atoms with Crippen LogP contribution in [0.4, 0.5) is 5.95 Å². The van der Waals surface area contributed by atoms with Gasteiger partial charge >= 0.3 is 0 Å². The zero-order chi connectivity index (χ0) is 17.3. The second-order valence-electron chi connectivity index (χ2n) is 5.38. The van der Waals surface area contributed by atoms with Gasteiger partial charge in [0.15, 0.2) is 5.82 Å². The van der Waals surface area contributed by atoms with Crippen LogP contribution in [0.3, 0.4) is 0 Å². The summed E-state index contributed by atoms with van der Waals surface area (Å²) in [6.45, 7) is 5.43. The number of aryl methyl sites for hydroxylation is 2. The summed E-state index contributed by atoms with van der Waals surface area (Å²) in [5.41, 5.74) is 2.08. The van der Waals surface area contributed by atoms with E-state index in [-0.39, 0.29) is 11.9 Å². The molecular weight excluding hydrogens is 308 g/mol. The smallest absolute Gasteiger partial charge is 0.261 e. The first kappa shape index (κ1) is 15.8. The Morgan fingerprint density at radius 1 is 1.21 bits per heavy atom. The second-order valence-corrected chi connectivity index (χ2v) is 5.38. The molecule has 0 spiro atoms. The molecule has 3 rings (SSSR count). The molecule has 0 saturated heterocycles. The zero-order valence-corrected chi connectivity index (χ0v) is 13.9. The van der Waals surface area contributed by atoms with Gasteiger partial charge < -0.3 is 9.15 Å². The Kier molecular flexibility index (Phi) is 4.07. The molecule has 0 aliphatic carbocycles. The van der Waals surface area contributed by atoms with E-state index in [0.717, 1.165) is 16.9 Å². The van der Waals surface area contributed by atoms with E-state index in [4.69, 9.17) is 9.15 Å². The van der Waals surface area contributed by atoms with E-state index in [1.54, 1.807) is 14.0 Å². The summed E-state index contributed by atoms with van der Waals surface area (Å²) < 4.78 is 10.8. The van der Waals surface area contributed by atoms with Crippen LogP contribution in [0.5, 0.6) is 5.75 Å². The number of hydrogen-bond donors (Lipinski definition) is 2. The monoisotopic (exact) mass is 326 g/mol. The van der Waals surface area contributed by atoms with Crippen molar-refractivity contribution >= 4 is 11.9 Å². The number of carbonyl (C=O) groups is 1. The summed E-state index contributed by atoms with van der Waals surface area (Å²) >= 11 is 0. The fourth-order valence-electron chi connectivity index (χ4n) is 2.57. The molecule has 124 valence electrons. The van der Waals surface area contributed by atoms with Gasteiger partial charge in [-0.05, 0) is 32.9 Å². The number of H-pyrrole nitrogens is 1. The first-order chi connectivity index (χ1) is 11.5. The minimum Gasteiger partial charge on any atom is -0.496 e.